The van der Waals surface area contributed by atoms with E-state index in [2.05, 4.69) is 4.98 Å². The molecule has 0 unspecified atom stereocenters. The summed E-state index contributed by atoms with van der Waals surface area (Å²) in [5.41, 5.74) is 1.20. The van der Waals surface area contributed by atoms with Gasteiger partial charge in [0.15, 0.2) is 0 Å². The molecule has 0 spiro atoms. The summed E-state index contributed by atoms with van der Waals surface area (Å²) in [6.07, 6.45) is 0. The van der Waals surface area contributed by atoms with E-state index < -0.39 is 11.8 Å². The average molecular weight is 302 g/mol. The lowest BCUT2D eigenvalue weighted by molar-refractivity contribution is 0.0691. The van der Waals surface area contributed by atoms with E-state index in [4.69, 9.17) is 5.26 Å². The van der Waals surface area contributed by atoms with Gasteiger partial charge >= 0.3 is 5.97 Å². The second kappa shape index (κ2) is 5.94. The molecule has 2 aromatic rings. The molecule has 0 aliphatic rings. The number of carbonyl (C=O) groups is 1. The third-order valence-corrected chi connectivity index (χ3v) is 3.87. The van der Waals surface area contributed by atoms with Gasteiger partial charge in [0.05, 0.1) is 5.56 Å². The van der Waals surface area contributed by atoms with Crippen LogP contribution in [0.5, 0.6) is 0 Å². The smallest absolute Gasteiger partial charge is 0.338 e. The van der Waals surface area contributed by atoms with Crippen molar-refractivity contribution in [2.75, 3.05) is 0 Å². The first-order chi connectivity index (χ1) is 9.93. The third kappa shape index (κ3) is 3.03. The quantitative estimate of drug-likeness (QED) is 0.938. The number of hydrogen-bond acceptors (Lipinski definition) is 4. The number of nitriles is 1. The molecule has 2 rings (SSSR count). The number of aromatic nitrogens is 1. The van der Waals surface area contributed by atoms with Crippen LogP contribution in [-0.2, 0) is 0 Å². The zero-order valence-corrected chi connectivity index (χ0v) is 12.2. The molecule has 21 heavy (non-hydrogen) atoms. The van der Waals surface area contributed by atoms with E-state index in [9.17, 15) is 14.3 Å². The predicted molar refractivity (Wildman–Crippen MR) is 75.9 cm³/mol. The number of hydrogen-bond donors (Lipinski definition) is 1. The Morgan fingerprint density at radius 3 is 2.76 bits per heavy atom. The first-order valence-corrected chi connectivity index (χ1v) is 6.83. The van der Waals surface area contributed by atoms with Crippen molar-refractivity contribution in [3.63, 3.8) is 0 Å². The highest BCUT2D eigenvalue weighted by Crippen LogP contribution is 2.33. The molecule has 106 valence electrons. The van der Waals surface area contributed by atoms with Gasteiger partial charge in [-0.3, -0.25) is 0 Å². The lowest BCUT2D eigenvalue weighted by Gasteiger charge is -2.10. The number of benzene rings is 1. The van der Waals surface area contributed by atoms with Crippen LogP contribution in [0.1, 0.15) is 27.2 Å². The zero-order chi connectivity index (χ0) is 15.6. The molecule has 0 radical (unpaired) electrons. The average Bonchev–Trinajstić information content (AvgIpc) is 2.37. The van der Waals surface area contributed by atoms with Gasteiger partial charge in [0.2, 0.25) is 0 Å². The second-order valence-corrected chi connectivity index (χ2v) is 5.42. The first-order valence-electron chi connectivity index (χ1n) is 6.02. The maximum atomic E-state index is 13.6. The normalized spacial score (nSPS) is 10.2. The Hall–Kier alpha value is -2.39. The summed E-state index contributed by atoms with van der Waals surface area (Å²) in [4.78, 5) is 15.9. The Kier molecular flexibility index (Phi) is 4.24. The van der Waals surface area contributed by atoms with E-state index in [1.54, 1.807) is 32.0 Å². The second-order valence-electron chi connectivity index (χ2n) is 4.39. The van der Waals surface area contributed by atoms with Gasteiger partial charge in [-0.15, -0.1) is 0 Å². The van der Waals surface area contributed by atoms with Crippen molar-refractivity contribution < 1.29 is 14.3 Å². The fourth-order valence-corrected chi connectivity index (χ4v) is 3.08. The van der Waals surface area contributed by atoms with E-state index in [0.717, 1.165) is 11.8 Å². The highest BCUT2D eigenvalue weighted by molar-refractivity contribution is 7.99. The van der Waals surface area contributed by atoms with Crippen molar-refractivity contribution in [3.8, 4) is 6.07 Å². The SMILES string of the molecule is Cc1cc(C)c(C(=O)O)c(Sc2cccc(F)c2C#N)n1. The van der Waals surface area contributed by atoms with E-state index in [0.29, 0.717) is 16.2 Å². The maximum Gasteiger partial charge on any atom is 0.338 e. The summed E-state index contributed by atoms with van der Waals surface area (Å²) in [7, 11) is 0. The van der Waals surface area contributed by atoms with Crippen molar-refractivity contribution in [2.24, 2.45) is 0 Å². The first kappa shape index (κ1) is 15.0. The molecule has 0 bridgehead atoms. The molecule has 0 fully saturated rings. The van der Waals surface area contributed by atoms with Crippen LogP contribution < -0.4 is 0 Å². The summed E-state index contributed by atoms with van der Waals surface area (Å²) in [6, 6.07) is 7.69. The molecule has 1 heterocycles. The number of aromatic carboxylic acids is 1. The number of pyridine rings is 1. The van der Waals surface area contributed by atoms with Crippen molar-refractivity contribution in [1.29, 1.82) is 5.26 Å². The number of halogens is 1. The van der Waals surface area contributed by atoms with Gasteiger partial charge in [0.1, 0.15) is 22.5 Å². The molecule has 1 aromatic carbocycles. The van der Waals surface area contributed by atoms with Crippen LogP contribution in [0.2, 0.25) is 0 Å². The van der Waals surface area contributed by atoms with Crippen molar-refractivity contribution in [1.82, 2.24) is 4.98 Å². The fraction of sp³-hybridized carbons (Fsp3) is 0.133. The summed E-state index contributed by atoms with van der Waals surface area (Å²) in [5.74, 6) is -1.74. The molecule has 0 atom stereocenters. The molecule has 4 nitrogen and oxygen atoms in total. The number of carboxylic acids is 1. The largest absolute Gasteiger partial charge is 0.478 e. The Balaban J connectivity index is 2.58. The van der Waals surface area contributed by atoms with Gasteiger partial charge in [0, 0.05) is 10.6 Å². The molecule has 1 aromatic heterocycles. The van der Waals surface area contributed by atoms with Crippen LogP contribution >= 0.6 is 11.8 Å². The molecule has 0 aliphatic heterocycles. The molecule has 0 saturated heterocycles. The van der Waals surface area contributed by atoms with Crippen LogP contribution in [-0.4, -0.2) is 16.1 Å². The monoisotopic (exact) mass is 302 g/mol. The molecular formula is C15H11FN2O2S. The standard InChI is InChI=1S/C15H11FN2O2S/c1-8-6-9(2)18-14(13(8)15(19)20)21-12-5-3-4-11(16)10(12)7-17/h3-6H,1-2H3,(H,19,20). The molecule has 0 aliphatic carbocycles. The summed E-state index contributed by atoms with van der Waals surface area (Å²) in [6.45, 7) is 3.43. The minimum atomic E-state index is -1.10. The van der Waals surface area contributed by atoms with Crippen molar-refractivity contribution in [3.05, 3.63) is 52.5 Å². The fourth-order valence-electron chi connectivity index (χ4n) is 1.94. The van der Waals surface area contributed by atoms with E-state index in [1.165, 1.54) is 12.1 Å². The molecule has 0 saturated carbocycles. The van der Waals surface area contributed by atoms with Crippen LogP contribution in [0.25, 0.3) is 0 Å². The number of nitrogens with zero attached hydrogens (tertiary/aromatic N) is 2. The molecular weight excluding hydrogens is 291 g/mol. The van der Waals surface area contributed by atoms with Crippen molar-refractivity contribution >= 4 is 17.7 Å². The van der Waals surface area contributed by atoms with Gasteiger partial charge in [0.25, 0.3) is 0 Å². The zero-order valence-electron chi connectivity index (χ0n) is 11.3. The van der Waals surface area contributed by atoms with Crippen LogP contribution in [0.15, 0.2) is 34.2 Å². The Bertz CT molecular complexity index is 769. The minimum Gasteiger partial charge on any atom is -0.478 e. The number of aryl methyl sites for hydroxylation is 2. The Labute approximate surface area is 125 Å². The lowest BCUT2D eigenvalue weighted by atomic mass is 10.1. The van der Waals surface area contributed by atoms with Gasteiger partial charge in [-0.05, 0) is 37.6 Å². The summed E-state index contributed by atoms with van der Waals surface area (Å²) in [5, 5.41) is 18.6. The Morgan fingerprint density at radius 1 is 1.43 bits per heavy atom. The summed E-state index contributed by atoms with van der Waals surface area (Å²) < 4.78 is 13.6. The van der Waals surface area contributed by atoms with E-state index in [-0.39, 0.29) is 16.2 Å². The lowest BCUT2D eigenvalue weighted by Crippen LogP contribution is -2.05. The van der Waals surface area contributed by atoms with Gasteiger partial charge < -0.3 is 5.11 Å². The van der Waals surface area contributed by atoms with E-state index in [1.807, 2.05) is 0 Å². The maximum absolute atomic E-state index is 13.6. The number of carboxylic acid groups (broad SMARTS) is 1. The predicted octanol–water partition coefficient (Wildman–Crippen LogP) is 3.56. The van der Waals surface area contributed by atoms with Gasteiger partial charge in [-0.1, -0.05) is 17.8 Å². The van der Waals surface area contributed by atoms with Crippen LogP contribution in [0.3, 0.4) is 0 Å². The third-order valence-electron chi connectivity index (χ3n) is 2.82. The molecule has 6 heteroatoms. The van der Waals surface area contributed by atoms with E-state index >= 15 is 0 Å². The van der Waals surface area contributed by atoms with Gasteiger partial charge in [-0.2, -0.15) is 5.26 Å². The summed E-state index contributed by atoms with van der Waals surface area (Å²) >= 11 is 0.982. The molecule has 0 amide bonds. The number of rotatable bonds is 3. The Morgan fingerprint density at radius 2 is 2.14 bits per heavy atom. The topological polar surface area (TPSA) is 74.0 Å². The minimum absolute atomic E-state index is 0.0683. The van der Waals surface area contributed by atoms with Crippen molar-refractivity contribution in [2.45, 2.75) is 23.8 Å². The van der Waals surface area contributed by atoms with Gasteiger partial charge in [-0.25, -0.2) is 14.2 Å². The molecule has 1 N–H and O–H groups in total. The highest BCUT2D eigenvalue weighted by Gasteiger charge is 2.18. The van der Waals surface area contributed by atoms with Crippen LogP contribution in [0, 0.1) is 31.0 Å². The van der Waals surface area contributed by atoms with Crippen LogP contribution in [0.4, 0.5) is 4.39 Å². The highest BCUT2D eigenvalue weighted by atomic mass is 32.2.